The first-order valence-electron chi connectivity index (χ1n) is 7.61. The number of nitrogens with zero attached hydrogens (tertiary/aromatic N) is 2. The molecule has 21 heavy (non-hydrogen) atoms. The predicted octanol–water partition coefficient (Wildman–Crippen LogP) is 0.812. The SMILES string of the molecule is CC(C)N(C)C(=O)C1CCN(C(=O)C2CC2C(=O)O)CC1. The van der Waals surface area contributed by atoms with Gasteiger partial charge in [0, 0.05) is 32.1 Å². The molecule has 2 aliphatic rings. The number of carboxylic acids is 1. The second-order valence-electron chi connectivity index (χ2n) is 6.43. The van der Waals surface area contributed by atoms with Crippen molar-refractivity contribution in [2.75, 3.05) is 20.1 Å². The minimum atomic E-state index is -0.878. The number of carbonyl (C=O) groups is 3. The highest BCUT2D eigenvalue weighted by Gasteiger charge is 2.50. The first-order chi connectivity index (χ1) is 9.82. The molecule has 0 spiro atoms. The van der Waals surface area contributed by atoms with E-state index in [4.69, 9.17) is 5.11 Å². The number of carbonyl (C=O) groups excluding carboxylic acids is 2. The van der Waals surface area contributed by atoms with Gasteiger partial charge in [0.1, 0.15) is 0 Å². The Morgan fingerprint density at radius 2 is 1.71 bits per heavy atom. The molecule has 2 atom stereocenters. The molecule has 118 valence electrons. The molecule has 2 rings (SSSR count). The number of rotatable bonds is 4. The third-order valence-corrected chi connectivity index (χ3v) is 4.70. The summed E-state index contributed by atoms with van der Waals surface area (Å²) in [6.45, 7) is 5.08. The summed E-state index contributed by atoms with van der Waals surface area (Å²) in [5.74, 6) is -1.64. The molecule has 1 N–H and O–H groups in total. The largest absolute Gasteiger partial charge is 0.481 e. The molecule has 6 nitrogen and oxygen atoms in total. The molecule has 1 saturated heterocycles. The van der Waals surface area contributed by atoms with Gasteiger partial charge in [0.2, 0.25) is 11.8 Å². The number of aliphatic carboxylic acids is 1. The van der Waals surface area contributed by atoms with Gasteiger partial charge in [0.25, 0.3) is 0 Å². The van der Waals surface area contributed by atoms with Gasteiger partial charge in [0.05, 0.1) is 11.8 Å². The normalized spacial score (nSPS) is 25.8. The lowest BCUT2D eigenvalue weighted by atomic mass is 9.94. The molecule has 0 radical (unpaired) electrons. The van der Waals surface area contributed by atoms with E-state index in [-0.39, 0.29) is 29.7 Å². The molecular formula is C15H24N2O4. The van der Waals surface area contributed by atoms with Crippen LogP contribution in [0, 0.1) is 17.8 Å². The van der Waals surface area contributed by atoms with E-state index in [1.165, 1.54) is 0 Å². The van der Waals surface area contributed by atoms with Gasteiger partial charge < -0.3 is 14.9 Å². The van der Waals surface area contributed by atoms with E-state index in [2.05, 4.69) is 0 Å². The second kappa shape index (κ2) is 6.03. The summed E-state index contributed by atoms with van der Waals surface area (Å²) < 4.78 is 0. The number of likely N-dealkylation sites (tertiary alicyclic amines) is 1. The Morgan fingerprint density at radius 3 is 2.14 bits per heavy atom. The minimum absolute atomic E-state index is 0.0177. The molecule has 0 aromatic rings. The molecule has 1 saturated carbocycles. The van der Waals surface area contributed by atoms with Crippen LogP contribution >= 0.6 is 0 Å². The van der Waals surface area contributed by atoms with Crippen molar-refractivity contribution in [1.82, 2.24) is 9.80 Å². The fraction of sp³-hybridized carbons (Fsp3) is 0.800. The summed E-state index contributed by atoms with van der Waals surface area (Å²) in [6, 6.07) is 0.181. The third-order valence-electron chi connectivity index (χ3n) is 4.70. The summed E-state index contributed by atoms with van der Waals surface area (Å²) in [5, 5.41) is 8.88. The fourth-order valence-electron chi connectivity index (χ4n) is 2.86. The Kier molecular flexibility index (Phi) is 4.54. The number of amides is 2. The van der Waals surface area contributed by atoms with Gasteiger partial charge in [-0.05, 0) is 33.1 Å². The zero-order valence-electron chi connectivity index (χ0n) is 12.9. The Morgan fingerprint density at radius 1 is 1.14 bits per heavy atom. The van der Waals surface area contributed by atoms with Crippen LogP contribution < -0.4 is 0 Å². The third kappa shape index (κ3) is 3.36. The van der Waals surface area contributed by atoms with Gasteiger partial charge in [-0.15, -0.1) is 0 Å². The molecule has 1 aliphatic heterocycles. The Labute approximate surface area is 125 Å². The molecule has 0 aromatic carbocycles. The summed E-state index contributed by atoms with van der Waals surface area (Å²) >= 11 is 0. The van der Waals surface area contributed by atoms with E-state index >= 15 is 0 Å². The van der Waals surface area contributed by atoms with Crippen molar-refractivity contribution < 1.29 is 19.5 Å². The standard InChI is InChI=1S/C15H24N2O4/c1-9(2)16(3)13(18)10-4-6-17(7-5-10)14(19)11-8-12(11)15(20)21/h9-12H,4-8H2,1-3H3,(H,20,21). The van der Waals surface area contributed by atoms with Gasteiger partial charge in [-0.1, -0.05) is 0 Å². The predicted molar refractivity (Wildman–Crippen MR) is 76.4 cm³/mol. The average molecular weight is 296 g/mol. The second-order valence-corrected chi connectivity index (χ2v) is 6.43. The lowest BCUT2D eigenvalue weighted by molar-refractivity contribution is -0.143. The lowest BCUT2D eigenvalue weighted by Crippen LogP contribution is -2.45. The van der Waals surface area contributed by atoms with Crippen molar-refractivity contribution in [1.29, 1.82) is 0 Å². The number of piperidine rings is 1. The molecule has 0 aromatic heterocycles. The molecule has 1 heterocycles. The zero-order valence-corrected chi connectivity index (χ0v) is 12.9. The number of carboxylic acid groups (broad SMARTS) is 1. The van der Waals surface area contributed by atoms with Gasteiger partial charge in [-0.3, -0.25) is 14.4 Å². The van der Waals surface area contributed by atoms with Crippen LogP contribution in [0.5, 0.6) is 0 Å². The maximum atomic E-state index is 12.2. The molecular weight excluding hydrogens is 272 g/mol. The van der Waals surface area contributed by atoms with Crippen molar-refractivity contribution >= 4 is 17.8 Å². The zero-order chi connectivity index (χ0) is 15.7. The van der Waals surface area contributed by atoms with Crippen molar-refractivity contribution in [3.05, 3.63) is 0 Å². The summed E-state index contributed by atoms with van der Waals surface area (Å²) in [4.78, 5) is 38.7. The van der Waals surface area contributed by atoms with Crippen molar-refractivity contribution in [2.45, 2.75) is 39.2 Å². The molecule has 0 bridgehead atoms. The topological polar surface area (TPSA) is 77.9 Å². The molecule has 1 aliphatic carbocycles. The molecule has 2 amide bonds. The average Bonchev–Trinajstić information content (AvgIpc) is 3.25. The van der Waals surface area contributed by atoms with E-state index in [0.29, 0.717) is 32.4 Å². The van der Waals surface area contributed by atoms with Crippen LogP contribution in [-0.4, -0.2) is 58.9 Å². The fourth-order valence-corrected chi connectivity index (χ4v) is 2.86. The molecule has 2 fully saturated rings. The smallest absolute Gasteiger partial charge is 0.307 e. The van der Waals surface area contributed by atoms with Gasteiger partial charge in [0.15, 0.2) is 0 Å². The van der Waals surface area contributed by atoms with Gasteiger partial charge >= 0.3 is 5.97 Å². The first kappa shape index (κ1) is 15.8. The first-order valence-corrected chi connectivity index (χ1v) is 7.61. The van der Waals surface area contributed by atoms with Crippen molar-refractivity contribution in [3.63, 3.8) is 0 Å². The molecule has 2 unspecified atom stereocenters. The van der Waals surface area contributed by atoms with E-state index < -0.39 is 11.9 Å². The van der Waals surface area contributed by atoms with Crippen LogP contribution in [0.25, 0.3) is 0 Å². The number of hydrogen-bond donors (Lipinski definition) is 1. The quantitative estimate of drug-likeness (QED) is 0.833. The van der Waals surface area contributed by atoms with E-state index in [9.17, 15) is 14.4 Å². The van der Waals surface area contributed by atoms with Gasteiger partial charge in [-0.2, -0.15) is 0 Å². The minimum Gasteiger partial charge on any atom is -0.481 e. The summed E-state index contributed by atoms with van der Waals surface area (Å²) in [5.41, 5.74) is 0. The summed E-state index contributed by atoms with van der Waals surface area (Å²) in [7, 11) is 1.81. The van der Waals surface area contributed by atoms with E-state index in [1.54, 1.807) is 9.80 Å². The van der Waals surface area contributed by atoms with Crippen LogP contribution in [0.3, 0.4) is 0 Å². The van der Waals surface area contributed by atoms with Crippen molar-refractivity contribution in [3.8, 4) is 0 Å². The van der Waals surface area contributed by atoms with E-state index in [1.807, 2.05) is 20.9 Å². The van der Waals surface area contributed by atoms with Crippen LogP contribution in [-0.2, 0) is 14.4 Å². The maximum absolute atomic E-state index is 12.2. The highest BCUT2D eigenvalue weighted by atomic mass is 16.4. The maximum Gasteiger partial charge on any atom is 0.307 e. The van der Waals surface area contributed by atoms with Crippen LogP contribution in [0.15, 0.2) is 0 Å². The number of hydrogen-bond acceptors (Lipinski definition) is 3. The van der Waals surface area contributed by atoms with Crippen LogP contribution in [0.2, 0.25) is 0 Å². The summed E-state index contributed by atoms with van der Waals surface area (Å²) in [6.07, 6.45) is 1.81. The Bertz CT molecular complexity index is 441. The lowest BCUT2D eigenvalue weighted by Gasteiger charge is -2.34. The van der Waals surface area contributed by atoms with Crippen LogP contribution in [0.4, 0.5) is 0 Å². The van der Waals surface area contributed by atoms with Crippen LogP contribution in [0.1, 0.15) is 33.1 Å². The van der Waals surface area contributed by atoms with Gasteiger partial charge in [-0.25, -0.2) is 0 Å². The highest BCUT2D eigenvalue weighted by Crippen LogP contribution is 2.40. The van der Waals surface area contributed by atoms with E-state index in [0.717, 1.165) is 0 Å². The van der Waals surface area contributed by atoms with Crippen molar-refractivity contribution in [2.24, 2.45) is 17.8 Å². The Hall–Kier alpha value is -1.59. The highest BCUT2D eigenvalue weighted by molar-refractivity contribution is 5.89. The monoisotopic (exact) mass is 296 g/mol. The Balaban J connectivity index is 1.82. The molecule has 6 heteroatoms.